The van der Waals surface area contributed by atoms with Crippen molar-refractivity contribution in [3.63, 3.8) is 0 Å². The number of amides is 1. The molecule has 0 bridgehead atoms. The van der Waals surface area contributed by atoms with Crippen molar-refractivity contribution in [3.05, 3.63) is 36.0 Å². The highest BCUT2D eigenvalue weighted by Gasteiger charge is 2.12. The molecule has 1 amide bonds. The van der Waals surface area contributed by atoms with Gasteiger partial charge < -0.3 is 14.8 Å². The second kappa shape index (κ2) is 5.23. The van der Waals surface area contributed by atoms with Gasteiger partial charge in [0.25, 0.3) is 5.91 Å². The van der Waals surface area contributed by atoms with Crippen LogP contribution in [0, 0.1) is 0 Å². The second-order valence-corrected chi connectivity index (χ2v) is 4.81. The van der Waals surface area contributed by atoms with E-state index in [-0.39, 0.29) is 5.91 Å². The van der Waals surface area contributed by atoms with Gasteiger partial charge in [0.1, 0.15) is 0 Å². The first-order valence-electron chi connectivity index (χ1n) is 6.05. The van der Waals surface area contributed by atoms with Crippen molar-refractivity contribution in [1.82, 2.24) is 14.8 Å². The summed E-state index contributed by atoms with van der Waals surface area (Å²) in [4.78, 5) is 19.2. The van der Waals surface area contributed by atoms with E-state index in [0.717, 1.165) is 29.6 Å². The number of nitrogens with one attached hydrogen (secondary N) is 1. The van der Waals surface area contributed by atoms with E-state index in [4.69, 9.17) is 0 Å². The van der Waals surface area contributed by atoms with E-state index >= 15 is 0 Å². The van der Waals surface area contributed by atoms with Crippen LogP contribution in [0.15, 0.2) is 30.5 Å². The molecule has 1 N–H and O–H groups in total. The van der Waals surface area contributed by atoms with E-state index in [2.05, 4.69) is 9.88 Å². The molecule has 4 nitrogen and oxygen atoms in total. The van der Waals surface area contributed by atoms with Gasteiger partial charge in [-0.05, 0) is 38.4 Å². The number of hydrogen-bond acceptors (Lipinski definition) is 2. The maximum Gasteiger partial charge on any atom is 0.253 e. The monoisotopic (exact) mass is 245 g/mol. The van der Waals surface area contributed by atoms with Crippen LogP contribution in [0.3, 0.4) is 0 Å². The Balaban J connectivity index is 2.12. The fraction of sp³-hybridized carbons (Fsp3) is 0.357. The molecule has 1 aromatic carbocycles. The topological polar surface area (TPSA) is 39.3 Å². The summed E-state index contributed by atoms with van der Waals surface area (Å²) in [6, 6.07) is 7.72. The molecule has 0 aliphatic rings. The van der Waals surface area contributed by atoms with Gasteiger partial charge in [-0.2, -0.15) is 0 Å². The number of carbonyl (C=O) groups is 1. The average molecular weight is 245 g/mol. The third-order valence-corrected chi connectivity index (χ3v) is 3.03. The summed E-state index contributed by atoms with van der Waals surface area (Å²) in [5.41, 5.74) is 1.80. The van der Waals surface area contributed by atoms with Crippen LogP contribution in [0.4, 0.5) is 0 Å². The van der Waals surface area contributed by atoms with Gasteiger partial charge in [0.15, 0.2) is 0 Å². The number of fused-ring (bicyclic) bond motifs is 1. The average Bonchev–Trinajstić information content (AvgIpc) is 2.81. The molecular formula is C14H19N3O. The number of aromatic amines is 1. The predicted molar refractivity (Wildman–Crippen MR) is 73.8 cm³/mol. The Labute approximate surface area is 107 Å². The van der Waals surface area contributed by atoms with Gasteiger partial charge in [0.05, 0.1) is 0 Å². The minimum atomic E-state index is 0.0694. The summed E-state index contributed by atoms with van der Waals surface area (Å²) in [7, 11) is 5.85. The van der Waals surface area contributed by atoms with Gasteiger partial charge in [-0.15, -0.1) is 0 Å². The molecule has 96 valence electrons. The Morgan fingerprint density at radius 1 is 1.17 bits per heavy atom. The van der Waals surface area contributed by atoms with Crippen LogP contribution in [-0.4, -0.2) is 54.9 Å². The van der Waals surface area contributed by atoms with Crippen LogP contribution in [0.1, 0.15) is 10.4 Å². The first-order chi connectivity index (χ1) is 8.58. The van der Waals surface area contributed by atoms with Crippen molar-refractivity contribution in [2.45, 2.75) is 0 Å². The van der Waals surface area contributed by atoms with Gasteiger partial charge in [-0.3, -0.25) is 4.79 Å². The molecule has 2 rings (SSSR count). The third-order valence-electron chi connectivity index (χ3n) is 3.03. The van der Waals surface area contributed by atoms with E-state index in [1.54, 1.807) is 4.90 Å². The zero-order valence-corrected chi connectivity index (χ0v) is 11.1. The Morgan fingerprint density at radius 3 is 2.67 bits per heavy atom. The van der Waals surface area contributed by atoms with Crippen molar-refractivity contribution in [2.75, 3.05) is 34.2 Å². The number of rotatable bonds is 4. The molecule has 0 unspecified atom stereocenters. The molecular weight excluding hydrogens is 226 g/mol. The van der Waals surface area contributed by atoms with Crippen molar-refractivity contribution < 1.29 is 4.79 Å². The van der Waals surface area contributed by atoms with E-state index in [0.29, 0.717) is 0 Å². The highest BCUT2D eigenvalue weighted by Crippen LogP contribution is 2.15. The van der Waals surface area contributed by atoms with Crippen LogP contribution in [0.25, 0.3) is 10.9 Å². The van der Waals surface area contributed by atoms with Crippen LogP contribution >= 0.6 is 0 Å². The second-order valence-electron chi connectivity index (χ2n) is 4.81. The number of carbonyl (C=O) groups excluding carboxylic acids is 1. The Hall–Kier alpha value is -1.81. The molecule has 1 aromatic heterocycles. The number of nitrogens with zero attached hydrogens (tertiary/aromatic N) is 2. The molecule has 0 saturated heterocycles. The molecule has 0 aliphatic heterocycles. The fourth-order valence-electron chi connectivity index (χ4n) is 1.86. The fourth-order valence-corrected chi connectivity index (χ4v) is 1.86. The maximum atomic E-state index is 12.2. The Morgan fingerprint density at radius 2 is 1.94 bits per heavy atom. The molecule has 0 fully saturated rings. The van der Waals surface area contributed by atoms with Gasteiger partial charge >= 0.3 is 0 Å². The number of hydrogen-bond donors (Lipinski definition) is 1. The maximum absolute atomic E-state index is 12.2. The normalized spacial score (nSPS) is 11.1. The molecule has 1 heterocycles. The molecule has 0 atom stereocenters. The number of aromatic nitrogens is 1. The highest BCUT2D eigenvalue weighted by atomic mass is 16.2. The predicted octanol–water partition coefficient (Wildman–Crippen LogP) is 1.80. The van der Waals surface area contributed by atoms with Crippen molar-refractivity contribution >= 4 is 16.8 Å². The van der Waals surface area contributed by atoms with Crippen molar-refractivity contribution in [2.24, 2.45) is 0 Å². The van der Waals surface area contributed by atoms with Crippen molar-refractivity contribution in [1.29, 1.82) is 0 Å². The molecule has 4 heteroatoms. The Kier molecular flexibility index (Phi) is 3.67. The Bertz CT molecular complexity index is 545. The van der Waals surface area contributed by atoms with Crippen LogP contribution in [0.2, 0.25) is 0 Å². The summed E-state index contributed by atoms with van der Waals surface area (Å²) < 4.78 is 0. The van der Waals surface area contributed by atoms with E-state index in [1.807, 2.05) is 51.6 Å². The first-order valence-corrected chi connectivity index (χ1v) is 6.05. The lowest BCUT2D eigenvalue weighted by atomic mass is 10.1. The van der Waals surface area contributed by atoms with Crippen LogP contribution in [-0.2, 0) is 0 Å². The lowest BCUT2D eigenvalue weighted by molar-refractivity contribution is 0.0786. The summed E-state index contributed by atoms with van der Waals surface area (Å²) in [5, 5.41) is 1.07. The van der Waals surface area contributed by atoms with E-state index < -0.39 is 0 Å². The highest BCUT2D eigenvalue weighted by molar-refractivity contribution is 5.97. The zero-order chi connectivity index (χ0) is 13.1. The van der Waals surface area contributed by atoms with Gasteiger partial charge in [0, 0.05) is 42.8 Å². The lowest BCUT2D eigenvalue weighted by Crippen LogP contribution is -2.33. The lowest BCUT2D eigenvalue weighted by Gasteiger charge is -2.19. The minimum absolute atomic E-state index is 0.0694. The number of H-pyrrole nitrogens is 1. The molecule has 0 saturated carbocycles. The molecule has 0 radical (unpaired) electrons. The van der Waals surface area contributed by atoms with Gasteiger partial charge in [-0.1, -0.05) is 0 Å². The summed E-state index contributed by atoms with van der Waals surface area (Å²) in [5.74, 6) is 0.0694. The van der Waals surface area contributed by atoms with Gasteiger partial charge in [-0.25, -0.2) is 0 Å². The minimum Gasteiger partial charge on any atom is -0.361 e. The third kappa shape index (κ3) is 2.71. The summed E-state index contributed by atoms with van der Waals surface area (Å²) >= 11 is 0. The smallest absolute Gasteiger partial charge is 0.253 e. The zero-order valence-electron chi connectivity index (χ0n) is 11.1. The summed E-state index contributed by atoms with van der Waals surface area (Å²) in [6.45, 7) is 1.60. The molecule has 0 spiro atoms. The van der Waals surface area contributed by atoms with Crippen LogP contribution in [0.5, 0.6) is 0 Å². The summed E-state index contributed by atoms with van der Waals surface area (Å²) in [6.07, 6.45) is 1.88. The molecule has 0 aliphatic carbocycles. The number of likely N-dealkylation sites (N-methyl/N-ethyl adjacent to an activating group) is 2. The first kappa shape index (κ1) is 12.6. The largest absolute Gasteiger partial charge is 0.361 e. The van der Waals surface area contributed by atoms with E-state index in [9.17, 15) is 4.79 Å². The molecule has 18 heavy (non-hydrogen) atoms. The number of benzene rings is 1. The van der Waals surface area contributed by atoms with Crippen molar-refractivity contribution in [3.8, 4) is 0 Å². The quantitative estimate of drug-likeness (QED) is 0.892. The van der Waals surface area contributed by atoms with Gasteiger partial charge in [0.2, 0.25) is 0 Å². The molecule has 2 aromatic rings. The standard InChI is InChI=1S/C14H19N3O/c1-16(2)8-9-17(3)14(18)12-4-5-13-11(10-12)6-7-15-13/h4-7,10,15H,8-9H2,1-3H3. The van der Waals surface area contributed by atoms with E-state index in [1.165, 1.54) is 0 Å². The SMILES string of the molecule is CN(C)CCN(C)C(=O)c1ccc2[nH]ccc2c1. The van der Waals surface area contributed by atoms with Crippen LogP contribution < -0.4 is 0 Å².